The van der Waals surface area contributed by atoms with Gasteiger partial charge < -0.3 is 20.3 Å². The predicted octanol–water partition coefficient (Wildman–Crippen LogP) is 6.17. The standard InChI is InChI=1S/C39H45F4N5O4/c1-37(2)14-32(37)36(51)47-22-38(23-47)21-46(35(50)27-15-45-48(17-27)16-24-6-12-30(40)13-7-24)18-29(38)20-52-19-26-4-3-5-31(33(26)34(44)49)25-8-10-28(11-9-25)39(41,42)43/h3-7,12-13,15,17,25,28-29,32H,8-11,14,16,18-23H2,1-2H3,(H2,44,49). The highest BCUT2D eigenvalue weighted by Crippen LogP contribution is 2.55. The van der Waals surface area contributed by atoms with Crippen LogP contribution in [-0.2, 0) is 22.7 Å². The van der Waals surface area contributed by atoms with Crippen LogP contribution in [0.3, 0.4) is 0 Å². The van der Waals surface area contributed by atoms with E-state index in [1.54, 1.807) is 46.1 Å². The summed E-state index contributed by atoms with van der Waals surface area (Å²) in [7, 11) is 0. The van der Waals surface area contributed by atoms with Crippen molar-refractivity contribution in [2.45, 2.75) is 71.2 Å². The van der Waals surface area contributed by atoms with Crippen molar-refractivity contribution >= 4 is 17.7 Å². The normalized spacial score (nSPS) is 24.9. The molecule has 2 aliphatic heterocycles. The number of nitrogens with two attached hydrogens (primary N) is 1. The molecule has 9 nitrogen and oxygen atoms in total. The van der Waals surface area contributed by atoms with Crippen LogP contribution in [0.2, 0.25) is 0 Å². The summed E-state index contributed by atoms with van der Waals surface area (Å²) in [6.07, 6.45) is 0.516. The second kappa shape index (κ2) is 13.6. The number of halogens is 4. The van der Waals surface area contributed by atoms with Crippen molar-refractivity contribution in [3.05, 3.63) is 88.5 Å². The topological polar surface area (TPSA) is 111 Å². The molecule has 0 bridgehead atoms. The zero-order chi connectivity index (χ0) is 37.0. The van der Waals surface area contributed by atoms with Gasteiger partial charge in [0.25, 0.3) is 5.91 Å². The van der Waals surface area contributed by atoms with E-state index in [9.17, 15) is 31.9 Å². The number of hydrogen-bond acceptors (Lipinski definition) is 5. The van der Waals surface area contributed by atoms with Crippen molar-refractivity contribution in [2.24, 2.45) is 34.3 Å². The number of carbonyl (C=O) groups is 3. The molecule has 2 atom stereocenters. The Morgan fingerprint density at radius 2 is 1.65 bits per heavy atom. The average Bonchev–Trinajstić information content (AvgIpc) is 3.37. The molecule has 1 aromatic heterocycles. The van der Waals surface area contributed by atoms with Crippen molar-refractivity contribution in [1.82, 2.24) is 19.6 Å². The van der Waals surface area contributed by atoms with E-state index in [-0.39, 0.29) is 72.3 Å². The molecule has 4 aliphatic rings. The number of hydrogen-bond donors (Lipinski definition) is 1. The predicted molar refractivity (Wildman–Crippen MR) is 183 cm³/mol. The highest BCUT2D eigenvalue weighted by Gasteiger charge is 2.60. The lowest BCUT2D eigenvalue weighted by Gasteiger charge is -2.51. The first-order chi connectivity index (χ1) is 24.6. The van der Waals surface area contributed by atoms with E-state index in [4.69, 9.17) is 10.5 Å². The molecule has 0 radical (unpaired) electrons. The van der Waals surface area contributed by atoms with Crippen molar-refractivity contribution < 1.29 is 36.7 Å². The van der Waals surface area contributed by atoms with Gasteiger partial charge in [-0.05, 0) is 72.3 Å². The van der Waals surface area contributed by atoms with Crippen LogP contribution in [0.15, 0.2) is 54.9 Å². The summed E-state index contributed by atoms with van der Waals surface area (Å²) < 4.78 is 61.3. The number of likely N-dealkylation sites (tertiary alicyclic amines) is 2. The molecule has 3 heterocycles. The Labute approximate surface area is 300 Å². The first-order valence-electron chi connectivity index (χ1n) is 18.0. The monoisotopic (exact) mass is 723 g/mol. The number of benzene rings is 2. The Morgan fingerprint density at radius 3 is 2.29 bits per heavy atom. The summed E-state index contributed by atoms with van der Waals surface area (Å²) in [6, 6.07) is 11.4. The van der Waals surface area contributed by atoms with Gasteiger partial charge >= 0.3 is 6.18 Å². The maximum absolute atomic E-state index is 13.8. The smallest absolute Gasteiger partial charge is 0.376 e. The number of amides is 3. The van der Waals surface area contributed by atoms with Gasteiger partial charge in [-0.3, -0.25) is 19.1 Å². The fourth-order valence-electron chi connectivity index (χ4n) is 8.70. The van der Waals surface area contributed by atoms with Gasteiger partial charge in [-0.15, -0.1) is 0 Å². The van der Waals surface area contributed by atoms with E-state index in [1.165, 1.54) is 18.3 Å². The highest BCUT2D eigenvalue weighted by molar-refractivity contribution is 5.96. The lowest BCUT2D eigenvalue weighted by atomic mass is 9.71. The Morgan fingerprint density at radius 1 is 0.981 bits per heavy atom. The van der Waals surface area contributed by atoms with Crippen LogP contribution in [0.5, 0.6) is 0 Å². The summed E-state index contributed by atoms with van der Waals surface area (Å²) in [6.45, 7) is 6.79. The molecular weight excluding hydrogens is 678 g/mol. The fraction of sp³-hybridized carbons (Fsp3) is 0.538. The van der Waals surface area contributed by atoms with E-state index in [0.717, 1.165) is 12.0 Å². The van der Waals surface area contributed by atoms with Crippen molar-refractivity contribution in [2.75, 3.05) is 32.8 Å². The Bertz CT molecular complexity index is 1830. The van der Waals surface area contributed by atoms with Gasteiger partial charge in [0.15, 0.2) is 0 Å². The minimum absolute atomic E-state index is 0.00156. The molecule has 2 unspecified atom stereocenters. The number of ether oxygens (including phenoxy) is 1. The molecule has 3 amide bonds. The zero-order valence-corrected chi connectivity index (χ0v) is 29.5. The van der Waals surface area contributed by atoms with Crippen LogP contribution in [0.4, 0.5) is 17.6 Å². The van der Waals surface area contributed by atoms with Crippen LogP contribution in [0.25, 0.3) is 0 Å². The summed E-state index contributed by atoms with van der Waals surface area (Å²) in [5.41, 5.74) is 8.32. The second-order valence-electron chi connectivity index (χ2n) is 16.1. The van der Waals surface area contributed by atoms with Crippen LogP contribution in [0.1, 0.15) is 89.3 Å². The lowest BCUT2D eigenvalue weighted by molar-refractivity contribution is -0.182. The Hall–Kier alpha value is -4.26. The highest BCUT2D eigenvalue weighted by atomic mass is 19.4. The van der Waals surface area contributed by atoms with E-state index in [0.29, 0.717) is 67.8 Å². The number of aromatic nitrogens is 2. The number of carbonyl (C=O) groups excluding carboxylic acids is 3. The van der Waals surface area contributed by atoms with Gasteiger partial charge in [0.05, 0.1) is 37.4 Å². The van der Waals surface area contributed by atoms with Crippen LogP contribution in [0, 0.1) is 34.4 Å². The molecule has 2 N–H and O–H groups in total. The zero-order valence-electron chi connectivity index (χ0n) is 29.5. The van der Waals surface area contributed by atoms with E-state index in [2.05, 4.69) is 18.9 Å². The summed E-state index contributed by atoms with van der Waals surface area (Å²) in [5.74, 6) is -2.62. The Balaban J connectivity index is 1.04. The number of primary amides is 1. The maximum atomic E-state index is 13.8. The molecule has 2 aromatic carbocycles. The van der Waals surface area contributed by atoms with Gasteiger partial charge in [-0.2, -0.15) is 18.3 Å². The van der Waals surface area contributed by atoms with Crippen molar-refractivity contribution in [3.63, 3.8) is 0 Å². The first kappa shape index (κ1) is 36.1. The maximum Gasteiger partial charge on any atom is 0.391 e. The van der Waals surface area contributed by atoms with Crippen LogP contribution >= 0.6 is 0 Å². The third-order valence-corrected chi connectivity index (χ3v) is 12.0. The molecule has 3 aromatic rings. The summed E-state index contributed by atoms with van der Waals surface area (Å²) >= 11 is 0. The molecule has 278 valence electrons. The third kappa shape index (κ3) is 7.20. The van der Waals surface area contributed by atoms with Crippen LogP contribution in [-0.4, -0.2) is 76.3 Å². The van der Waals surface area contributed by atoms with Crippen molar-refractivity contribution in [3.8, 4) is 0 Å². The molecule has 52 heavy (non-hydrogen) atoms. The lowest BCUT2D eigenvalue weighted by Crippen LogP contribution is -2.63. The van der Waals surface area contributed by atoms with Gasteiger partial charge in [0.1, 0.15) is 5.82 Å². The molecule has 2 aliphatic carbocycles. The second-order valence-corrected chi connectivity index (χ2v) is 16.1. The van der Waals surface area contributed by atoms with E-state index in [1.807, 2.05) is 4.90 Å². The van der Waals surface area contributed by atoms with Gasteiger partial charge in [0.2, 0.25) is 11.8 Å². The van der Waals surface area contributed by atoms with Crippen molar-refractivity contribution in [1.29, 1.82) is 0 Å². The summed E-state index contributed by atoms with van der Waals surface area (Å²) in [4.78, 5) is 43.5. The third-order valence-electron chi connectivity index (χ3n) is 12.0. The average molecular weight is 724 g/mol. The van der Waals surface area contributed by atoms with Gasteiger partial charge in [-0.1, -0.05) is 44.2 Å². The molecular formula is C39H45F4N5O4. The largest absolute Gasteiger partial charge is 0.391 e. The van der Waals surface area contributed by atoms with E-state index >= 15 is 0 Å². The number of alkyl halides is 3. The van der Waals surface area contributed by atoms with Crippen LogP contribution < -0.4 is 5.73 Å². The van der Waals surface area contributed by atoms with E-state index < -0.39 is 18.0 Å². The molecule has 1 spiro atoms. The fourth-order valence-corrected chi connectivity index (χ4v) is 8.70. The SMILES string of the molecule is CC1(C)CC1C(=O)N1CC2(CN(C(=O)c3cnn(Cc4ccc(F)cc4)c3)CC2COCc2cccc(C3CCC(C(F)(F)F)CC3)c2C(N)=O)C1. The molecule has 4 fully saturated rings. The molecule has 13 heteroatoms. The molecule has 2 saturated heterocycles. The summed E-state index contributed by atoms with van der Waals surface area (Å²) in [5, 5.41) is 4.36. The first-order valence-corrected chi connectivity index (χ1v) is 18.0. The minimum atomic E-state index is -4.22. The quantitative estimate of drug-likeness (QED) is 0.252. The minimum Gasteiger partial charge on any atom is -0.376 e. The molecule has 2 saturated carbocycles. The Kier molecular flexibility index (Phi) is 9.46. The number of rotatable bonds is 10. The molecule has 7 rings (SSSR count). The van der Waals surface area contributed by atoms with Gasteiger partial charge in [-0.25, -0.2) is 4.39 Å². The van der Waals surface area contributed by atoms with Gasteiger partial charge in [0, 0.05) is 55.2 Å². The number of nitrogens with zero attached hydrogens (tertiary/aromatic N) is 4.